The van der Waals surface area contributed by atoms with Gasteiger partial charge in [0.2, 0.25) is 21.8 Å². The standard InChI is InChI=1S/C21H24N2O5S/c1-15(8-9-16-6-4-3-5-7-16)22-29(26,27)17-10-11-19(28-2)18(14-17)23-20(24)12-13-21(23)25/h3-7,10-11,14-15,22H,8-9,12-13H2,1-2H3/t15-/m1/s1. The molecule has 0 bridgehead atoms. The van der Waals surface area contributed by atoms with E-state index in [2.05, 4.69) is 4.72 Å². The predicted molar refractivity (Wildman–Crippen MR) is 109 cm³/mol. The summed E-state index contributed by atoms with van der Waals surface area (Å²) in [5, 5.41) is 0. The highest BCUT2D eigenvalue weighted by atomic mass is 32.2. The first-order chi connectivity index (χ1) is 13.8. The molecule has 2 aromatic carbocycles. The monoisotopic (exact) mass is 416 g/mol. The van der Waals surface area contributed by atoms with Crippen LogP contribution in [0.1, 0.15) is 31.7 Å². The lowest BCUT2D eigenvalue weighted by atomic mass is 10.1. The fraction of sp³-hybridized carbons (Fsp3) is 0.333. The number of aryl methyl sites for hydroxylation is 1. The van der Waals surface area contributed by atoms with Gasteiger partial charge >= 0.3 is 0 Å². The molecule has 7 nitrogen and oxygen atoms in total. The number of hydrogen-bond donors (Lipinski definition) is 1. The van der Waals surface area contributed by atoms with Crippen molar-refractivity contribution < 1.29 is 22.7 Å². The average molecular weight is 416 g/mol. The smallest absolute Gasteiger partial charge is 0.240 e. The van der Waals surface area contributed by atoms with Crippen molar-refractivity contribution >= 4 is 27.5 Å². The maximum Gasteiger partial charge on any atom is 0.240 e. The Morgan fingerprint density at radius 1 is 1.07 bits per heavy atom. The van der Waals surface area contributed by atoms with Crippen LogP contribution in [-0.4, -0.2) is 33.4 Å². The van der Waals surface area contributed by atoms with E-state index in [0.717, 1.165) is 16.9 Å². The van der Waals surface area contributed by atoms with E-state index in [1.165, 1.54) is 25.3 Å². The van der Waals surface area contributed by atoms with Crippen molar-refractivity contribution in [2.45, 2.75) is 43.5 Å². The lowest BCUT2D eigenvalue weighted by Crippen LogP contribution is -2.33. The van der Waals surface area contributed by atoms with Gasteiger partial charge in [0.25, 0.3) is 0 Å². The predicted octanol–water partition coefficient (Wildman–Crippen LogP) is 2.65. The summed E-state index contributed by atoms with van der Waals surface area (Å²) in [6.45, 7) is 1.80. The van der Waals surface area contributed by atoms with Gasteiger partial charge in [-0.05, 0) is 43.5 Å². The molecule has 1 aliphatic rings. The summed E-state index contributed by atoms with van der Waals surface area (Å²) in [7, 11) is -2.43. The molecule has 3 rings (SSSR count). The van der Waals surface area contributed by atoms with Crippen LogP contribution < -0.4 is 14.4 Å². The minimum atomic E-state index is -3.83. The summed E-state index contributed by atoms with van der Waals surface area (Å²) in [5.74, 6) is -0.469. The third kappa shape index (κ3) is 4.83. The van der Waals surface area contributed by atoms with Gasteiger partial charge in [0, 0.05) is 18.9 Å². The normalized spacial score (nSPS) is 15.6. The second-order valence-corrected chi connectivity index (χ2v) is 8.72. The van der Waals surface area contributed by atoms with Crippen molar-refractivity contribution in [2.75, 3.05) is 12.0 Å². The molecule has 2 aromatic rings. The highest BCUT2D eigenvalue weighted by Gasteiger charge is 2.33. The van der Waals surface area contributed by atoms with Crippen LogP contribution in [0, 0.1) is 0 Å². The molecule has 0 radical (unpaired) electrons. The Kier molecular flexibility index (Phi) is 6.34. The molecule has 2 amide bonds. The minimum Gasteiger partial charge on any atom is -0.495 e. The van der Waals surface area contributed by atoms with Crippen LogP contribution in [0.2, 0.25) is 0 Å². The molecule has 1 fully saturated rings. The molecule has 1 atom stereocenters. The fourth-order valence-electron chi connectivity index (χ4n) is 3.28. The molecule has 0 spiro atoms. The van der Waals surface area contributed by atoms with E-state index in [4.69, 9.17) is 4.74 Å². The molecule has 154 valence electrons. The van der Waals surface area contributed by atoms with Crippen LogP contribution >= 0.6 is 0 Å². The van der Waals surface area contributed by atoms with Crippen LogP contribution in [0.15, 0.2) is 53.4 Å². The number of methoxy groups -OCH3 is 1. The Balaban J connectivity index is 1.78. The lowest BCUT2D eigenvalue weighted by Gasteiger charge is -2.19. The topological polar surface area (TPSA) is 92.8 Å². The van der Waals surface area contributed by atoms with E-state index in [9.17, 15) is 18.0 Å². The van der Waals surface area contributed by atoms with Crippen molar-refractivity contribution in [1.29, 1.82) is 0 Å². The van der Waals surface area contributed by atoms with Crippen LogP contribution in [-0.2, 0) is 26.0 Å². The Bertz CT molecular complexity index is 989. The molecule has 0 aromatic heterocycles. The number of carbonyl (C=O) groups excluding carboxylic acids is 2. The molecule has 1 saturated heterocycles. The molecule has 29 heavy (non-hydrogen) atoms. The van der Waals surface area contributed by atoms with Crippen LogP contribution in [0.5, 0.6) is 5.75 Å². The summed E-state index contributed by atoms with van der Waals surface area (Å²) in [5.41, 5.74) is 1.29. The first-order valence-electron chi connectivity index (χ1n) is 9.42. The van der Waals surface area contributed by atoms with E-state index >= 15 is 0 Å². The SMILES string of the molecule is COc1ccc(S(=O)(=O)N[C@H](C)CCc2ccccc2)cc1N1C(=O)CCC1=O. The Labute approximate surface area is 170 Å². The largest absolute Gasteiger partial charge is 0.495 e. The van der Waals surface area contributed by atoms with Gasteiger partial charge in [0.1, 0.15) is 5.75 Å². The van der Waals surface area contributed by atoms with Gasteiger partial charge in [-0.3, -0.25) is 9.59 Å². The van der Waals surface area contributed by atoms with Gasteiger partial charge in [-0.2, -0.15) is 0 Å². The van der Waals surface area contributed by atoms with Gasteiger partial charge in [-0.25, -0.2) is 18.0 Å². The number of sulfonamides is 1. The van der Waals surface area contributed by atoms with Gasteiger partial charge in [-0.15, -0.1) is 0 Å². The second-order valence-electron chi connectivity index (χ2n) is 7.00. The summed E-state index contributed by atoms with van der Waals surface area (Å²) in [6.07, 6.45) is 1.59. The Hall–Kier alpha value is -2.71. The zero-order valence-electron chi connectivity index (χ0n) is 16.4. The number of nitrogens with one attached hydrogen (secondary N) is 1. The average Bonchev–Trinajstić information content (AvgIpc) is 3.04. The number of carbonyl (C=O) groups is 2. The highest BCUT2D eigenvalue weighted by Crippen LogP contribution is 2.34. The van der Waals surface area contributed by atoms with E-state index in [0.29, 0.717) is 6.42 Å². The molecule has 1 aliphatic heterocycles. The van der Waals surface area contributed by atoms with Crippen LogP contribution in [0.3, 0.4) is 0 Å². The Morgan fingerprint density at radius 2 is 1.72 bits per heavy atom. The summed E-state index contributed by atoms with van der Waals surface area (Å²) < 4.78 is 33.6. The van der Waals surface area contributed by atoms with Crippen molar-refractivity contribution in [3.63, 3.8) is 0 Å². The summed E-state index contributed by atoms with van der Waals surface area (Å²) in [6, 6.07) is 13.7. The van der Waals surface area contributed by atoms with E-state index in [1.54, 1.807) is 6.92 Å². The van der Waals surface area contributed by atoms with Gasteiger partial charge < -0.3 is 4.74 Å². The van der Waals surface area contributed by atoms with Gasteiger partial charge in [0.05, 0.1) is 17.7 Å². The van der Waals surface area contributed by atoms with Crippen molar-refractivity contribution in [3.8, 4) is 5.75 Å². The van der Waals surface area contributed by atoms with Crippen LogP contribution in [0.25, 0.3) is 0 Å². The van der Waals surface area contributed by atoms with E-state index in [1.807, 2.05) is 30.3 Å². The number of anilines is 1. The number of benzene rings is 2. The first-order valence-corrected chi connectivity index (χ1v) is 10.9. The maximum absolute atomic E-state index is 12.8. The summed E-state index contributed by atoms with van der Waals surface area (Å²) in [4.78, 5) is 25.2. The zero-order chi connectivity index (χ0) is 21.0. The number of hydrogen-bond acceptors (Lipinski definition) is 5. The van der Waals surface area contributed by atoms with Crippen molar-refractivity contribution in [1.82, 2.24) is 4.72 Å². The van der Waals surface area contributed by atoms with Crippen LogP contribution in [0.4, 0.5) is 5.69 Å². The lowest BCUT2D eigenvalue weighted by molar-refractivity contribution is -0.121. The number of rotatable bonds is 8. The third-order valence-corrected chi connectivity index (χ3v) is 6.41. The number of nitrogens with zero attached hydrogens (tertiary/aromatic N) is 1. The second kappa shape index (κ2) is 8.75. The quantitative estimate of drug-likeness (QED) is 0.668. The number of amides is 2. The zero-order valence-corrected chi connectivity index (χ0v) is 17.2. The molecular weight excluding hydrogens is 392 g/mol. The highest BCUT2D eigenvalue weighted by molar-refractivity contribution is 7.89. The Morgan fingerprint density at radius 3 is 2.34 bits per heavy atom. The first kappa shape index (κ1) is 21.0. The molecule has 0 unspecified atom stereocenters. The van der Waals surface area contributed by atoms with Crippen molar-refractivity contribution in [3.05, 3.63) is 54.1 Å². The molecule has 1 heterocycles. The van der Waals surface area contributed by atoms with E-state index < -0.39 is 10.0 Å². The van der Waals surface area contributed by atoms with E-state index in [-0.39, 0.29) is 47.0 Å². The maximum atomic E-state index is 12.8. The summed E-state index contributed by atoms with van der Waals surface area (Å²) >= 11 is 0. The minimum absolute atomic E-state index is 0.0210. The van der Waals surface area contributed by atoms with Gasteiger partial charge in [0.15, 0.2) is 0 Å². The molecule has 1 N–H and O–H groups in total. The third-order valence-electron chi connectivity index (χ3n) is 4.82. The van der Waals surface area contributed by atoms with Gasteiger partial charge in [-0.1, -0.05) is 30.3 Å². The molecular formula is C21H24N2O5S. The molecule has 8 heteroatoms. The fourth-order valence-corrected chi connectivity index (χ4v) is 4.57. The number of imide groups is 1. The number of ether oxygens (including phenoxy) is 1. The molecule has 0 aliphatic carbocycles. The van der Waals surface area contributed by atoms with Crippen molar-refractivity contribution in [2.24, 2.45) is 0 Å². The molecule has 0 saturated carbocycles.